The van der Waals surface area contributed by atoms with Crippen molar-refractivity contribution in [1.82, 2.24) is 19.5 Å². The van der Waals surface area contributed by atoms with Gasteiger partial charge in [0.25, 0.3) is 0 Å². The van der Waals surface area contributed by atoms with Gasteiger partial charge in [0.2, 0.25) is 0 Å². The van der Waals surface area contributed by atoms with E-state index in [0.717, 1.165) is 52.1 Å². The average molecular weight is 575 g/mol. The van der Waals surface area contributed by atoms with Crippen LogP contribution in [-0.2, 0) is 0 Å². The van der Waals surface area contributed by atoms with Crippen LogP contribution in [0.25, 0.3) is 16.9 Å². The summed E-state index contributed by atoms with van der Waals surface area (Å²) in [6, 6.07) is 19.1. The molecule has 2 aromatic carbocycles. The number of urea groups is 1. The molecule has 0 aliphatic carbocycles. The molecule has 8 nitrogen and oxygen atoms in total. The summed E-state index contributed by atoms with van der Waals surface area (Å²) in [5.41, 5.74) is 5.14. The second-order valence-electron chi connectivity index (χ2n) is 9.02. The Labute approximate surface area is 231 Å². The molecule has 9 heteroatoms. The molecule has 1 fully saturated rings. The summed E-state index contributed by atoms with van der Waals surface area (Å²) < 4.78 is 2.65. The van der Waals surface area contributed by atoms with E-state index in [-0.39, 0.29) is 6.03 Å². The first-order chi connectivity index (χ1) is 18.5. The van der Waals surface area contributed by atoms with Crippen molar-refractivity contribution in [3.8, 4) is 17.3 Å². The van der Waals surface area contributed by atoms with Crippen molar-refractivity contribution in [2.75, 3.05) is 30.3 Å². The molecule has 3 heterocycles. The first-order valence-electron chi connectivity index (χ1n) is 12.9. The number of hydrogen-bond donors (Lipinski definition) is 2. The Balaban J connectivity index is 0.00000164. The van der Waals surface area contributed by atoms with Crippen molar-refractivity contribution in [2.24, 2.45) is 5.92 Å². The van der Waals surface area contributed by atoms with Gasteiger partial charge in [0.05, 0.1) is 28.0 Å². The molecular weight excluding hydrogens is 542 g/mol. The lowest BCUT2D eigenvalue weighted by molar-refractivity contribution is 0.180. The van der Waals surface area contributed by atoms with Gasteiger partial charge in [-0.25, -0.2) is 9.78 Å². The molecule has 5 rings (SSSR count). The normalized spacial score (nSPS) is 14.8. The fraction of sp³-hybridized carbons (Fsp3) is 0.310. The highest BCUT2D eigenvalue weighted by Gasteiger charge is 2.24. The first kappa shape index (κ1) is 27.1. The molecular formula is C29H32BrN7O. The highest BCUT2D eigenvalue weighted by atomic mass is 79.9. The highest BCUT2D eigenvalue weighted by molar-refractivity contribution is 9.10. The maximum atomic E-state index is 12.9. The van der Waals surface area contributed by atoms with Gasteiger partial charge in [0.1, 0.15) is 5.82 Å². The first-order valence-corrected chi connectivity index (χ1v) is 13.7. The predicted octanol–water partition coefficient (Wildman–Crippen LogP) is 6.72. The number of carbonyl (C=O) groups excluding carboxylic acids is 1. The smallest absolute Gasteiger partial charge is 0.321 e. The number of piperidine rings is 1. The zero-order valence-electron chi connectivity index (χ0n) is 21.9. The monoisotopic (exact) mass is 573 g/mol. The second kappa shape index (κ2) is 12.6. The van der Waals surface area contributed by atoms with E-state index in [1.807, 2.05) is 41.5 Å². The predicted molar refractivity (Wildman–Crippen MR) is 155 cm³/mol. The molecule has 2 N–H and O–H groups in total. The minimum absolute atomic E-state index is 0.117. The third kappa shape index (κ3) is 6.14. The number of benzene rings is 2. The molecule has 1 atom stereocenters. The Bertz CT molecular complexity index is 1440. The van der Waals surface area contributed by atoms with Crippen LogP contribution in [0.4, 0.5) is 16.3 Å². The Kier molecular flexibility index (Phi) is 8.98. The molecule has 38 heavy (non-hydrogen) atoms. The van der Waals surface area contributed by atoms with Crippen LogP contribution in [0.2, 0.25) is 0 Å². The number of carbonyl (C=O) groups is 1. The summed E-state index contributed by atoms with van der Waals surface area (Å²) in [4.78, 5) is 19.6. The lowest BCUT2D eigenvalue weighted by atomic mass is 9.98. The molecule has 0 radical (unpaired) electrons. The molecule has 196 valence electrons. The Morgan fingerprint density at radius 1 is 1.18 bits per heavy atom. The van der Waals surface area contributed by atoms with Crippen molar-refractivity contribution in [2.45, 2.75) is 33.6 Å². The summed E-state index contributed by atoms with van der Waals surface area (Å²) in [5, 5.41) is 20.0. The number of halogens is 1. The van der Waals surface area contributed by atoms with Crippen LogP contribution in [0.3, 0.4) is 0 Å². The zero-order chi connectivity index (χ0) is 27.1. The van der Waals surface area contributed by atoms with Crippen LogP contribution in [0, 0.1) is 24.2 Å². The van der Waals surface area contributed by atoms with Gasteiger partial charge in [-0.2, -0.15) is 14.9 Å². The van der Waals surface area contributed by atoms with Gasteiger partial charge in [-0.1, -0.05) is 38.1 Å². The third-order valence-electron chi connectivity index (χ3n) is 6.49. The number of nitriles is 1. The Morgan fingerprint density at radius 3 is 2.68 bits per heavy atom. The van der Waals surface area contributed by atoms with E-state index >= 15 is 0 Å². The minimum atomic E-state index is -0.117. The van der Waals surface area contributed by atoms with Crippen molar-refractivity contribution in [3.05, 3.63) is 76.4 Å². The number of likely N-dealkylation sites (tertiary alicyclic amines) is 1. The maximum Gasteiger partial charge on any atom is 0.321 e. The van der Waals surface area contributed by atoms with Gasteiger partial charge in [-0.3, -0.25) is 0 Å². The fourth-order valence-electron chi connectivity index (χ4n) is 4.56. The van der Waals surface area contributed by atoms with Crippen molar-refractivity contribution < 1.29 is 4.79 Å². The summed E-state index contributed by atoms with van der Waals surface area (Å²) >= 11 is 3.57. The largest absolute Gasteiger partial charge is 0.370 e. The number of hydrogen-bond acceptors (Lipinski definition) is 5. The second-order valence-corrected chi connectivity index (χ2v) is 9.88. The van der Waals surface area contributed by atoms with E-state index < -0.39 is 0 Å². The van der Waals surface area contributed by atoms with Crippen LogP contribution in [0.1, 0.15) is 37.8 Å². The topological polar surface area (TPSA) is 98.3 Å². The number of amides is 2. The molecule has 4 aromatic rings. The number of anilines is 2. The van der Waals surface area contributed by atoms with Crippen LogP contribution in [0.5, 0.6) is 0 Å². The number of aromatic nitrogens is 3. The van der Waals surface area contributed by atoms with E-state index in [1.165, 1.54) is 0 Å². The molecule has 0 bridgehead atoms. The zero-order valence-corrected chi connectivity index (χ0v) is 23.5. The highest BCUT2D eigenvalue weighted by Crippen LogP contribution is 2.28. The van der Waals surface area contributed by atoms with E-state index in [4.69, 9.17) is 10.2 Å². The molecule has 1 saturated heterocycles. The molecule has 1 unspecified atom stereocenters. The summed E-state index contributed by atoms with van der Waals surface area (Å²) in [7, 11) is 0. The van der Waals surface area contributed by atoms with E-state index in [9.17, 15) is 4.79 Å². The fourth-order valence-corrected chi connectivity index (χ4v) is 4.90. The molecule has 0 saturated carbocycles. The van der Waals surface area contributed by atoms with Crippen molar-refractivity contribution in [1.29, 1.82) is 5.26 Å². The summed E-state index contributed by atoms with van der Waals surface area (Å²) in [6.45, 7) is 8.18. The lowest BCUT2D eigenvalue weighted by Gasteiger charge is -2.33. The van der Waals surface area contributed by atoms with Gasteiger partial charge >= 0.3 is 6.03 Å². The number of rotatable bonds is 5. The minimum Gasteiger partial charge on any atom is -0.370 e. The Hall–Kier alpha value is -3.90. The SMILES string of the molecule is CC.Cc1ccccc1-c1cc(NCC2CCCN(C(=O)Nc3ccc(C#N)cc3)C2)n2ncc(Br)c2n1. The number of nitrogens with zero attached hydrogens (tertiary/aromatic N) is 5. The summed E-state index contributed by atoms with van der Waals surface area (Å²) in [6.07, 6.45) is 3.74. The Morgan fingerprint density at radius 2 is 1.95 bits per heavy atom. The average Bonchev–Trinajstić information content (AvgIpc) is 3.34. The van der Waals surface area contributed by atoms with Crippen LogP contribution < -0.4 is 10.6 Å². The van der Waals surface area contributed by atoms with Gasteiger partial charge in [-0.15, -0.1) is 0 Å². The molecule has 1 aliphatic rings. The lowest BCUT2D eigenvalue weighted by Crippen LogP contribution is -2.44. The van der Waals surface area contributed by atoms with E-state index in [0.29, 0.717) is 30.3 Å². The number of nitrogens with one attached hydrogen (secondary N) is 2. The molecule has 2 amide bonds. The van der Waals surface area contributed by atoms with Crippen molar-refractivity contribution >= 4 is 39.1 Å². The number of fused-ring (bicyclic) bond motifs is 1. The molecule has 2 aromatic heterocycles. The quantitative estimate of drug-likeness (QED) is 0.276. The van der Waals surface area contributed by atoms with E-state index in [2.05, 4.69) is 56.8 Å². The van der Waals surface area contributed by atoms with Crippen LogP contribution in [-0.4, -0.2) is 45.2 Å². The van der Waals surface area contributed by atoms with Gasteiger partial charge < -0.3 is 15.5 Å². The summed E-state index contributed by atoms with van der Waals surface area (Å²) in [5.74, 6) is 1.16. The van der Waals surface area contributed by atoms with Gasteiger partial charge in [-0.05, 0) is 71.4 Å². The molecule has 0 spiro atoms. The van der Waals surface area contributed by atoms with E-state index in [1.54, 1.807) is 30.5 Å². The third-order valence-corrected chi connectivity index (χ3v) is 7.05. The van der Waals surface area contributed by atoms with Crippen molar-refractivity contribution in [3.63, 3.8) is 0 Å². The van der Waals surface area contributed by atoms with Gasteiger partial charge in [0, 0.05) is 37.0 Å². The standard InChI is InChI=1S/C27H26BrN7O.C2H6/c1-18-5-2-3-7-22(18)24-13-25(35-26(33-24)23(28)16-31-35)30-15-20-6-4-12-34(17-20)27(36)32-21-10-8-19(14-29)9-11-21;1-2/h2-3,5,7-11,13,16,20,30H,4,6,12,15,17H2,1H3,(H,32,36);1-2H3. The van der Waals surface area contributed by atoms with Crippen LogP contribution in [0.15, 0.2) is 65.3 Å². The molecule has 1 aliphatic heterocycles. The van der Waals surface area contributed by atoms with Crippen LogP contribution >= 0.6 is 15.9 Å². The van der Waals surface area contributed by atoms with Gasteiger partial charge in [0.15, 0.2) is 5.65 Å². The maximum absolute atomic E-state index is 12.9. The number of aryl methyl sites for hydroxylation is 1.